The van der Waals surface area contributed by atoms with Gasteiger partial charge in [0.1, 0.15) is 27.6 Å². The zero-order chi connectivity index (χ0) is 27.8. The highest BCUT2D eigenvalue weighted by atomic mass is 32.1. The standard InChI is InChI=1S/C32H29N3O4S.2H2S/c1-3-22(36)17-20-9-10-21(16-20)18-27(37)30-29-28-26(13-14-33-31(28)40-30)35(32(38)34-29)25-12-11-24(15-19(25)2)39-23-7-5-4-6-8-23;;/h3-8,11-15,20-21,37H,1,9-10,16-18H2,2H3;2*1H2/t20-,21-;;/m0../s1. The van der Waals surface area contributed by atoms with Crippen LogP contribution in [0, 0.1) is 18.8 Å². The number of aryl methyl sites for hydroxylation is 1. The summed E-state index contributed by atoms with van der Waals surface area (Å²) in [5, 5.41) is 12.0. The molecule has 0 saturated heterocycles. The molecule has 1 aliphatic carbocycles. The maximum Gasteiger partial charge on any atom is 0.353 e. The van der Waals surface area contributed by atoms with Crippen LogP contribution in [0.25, 0.3) is 32.7 Å². The molecule has 7 nitrogen and oxygen atoms in total. The van der Waals surface area contributed by atoms with E-state index in [1.165, 1.54) is 17.4 Å². The summed E-state index contributed by atoms with van der Waals surface area (Å²) in [6, 6.07) is 17.0. The lowest BCUT2D eigenvalue weighted by Gasteiger charge is -2.14. The van der Waals surface area contributed by atoms with Gasteiger partial charge in [-0.25, -0.2) is 9.78 Å². The highest BCUT2D eigenvalue weighted by molar-refractivity contribution is 7.59. The number of allylic oxidation sites excluding steroid dienone is 1. The second-order valence-corrected chi connectivity index (χ2v) is 11.5. The van der Waals surface area contributed by atoms with E-state index >= 15 is 0 Å². The molecule has 2 aromatic carbocycles. The lowest BCUT2D eigenvalue weighted by Crippen LogP contribution is -2.24. The number of thiophene rings is 1. The largest absolute Gasteiger partial charge is 0.511 e. The molecule has 5 aromatic rings. The molecular formula is C32H33N3O4S3. The van der Waals surface area contributed by atoms with E-state index in [1.807, 2.05) is 61.5 Å². The second-order valence-electron chi connectivity index (χ2n) is 10.5. The number of aliphatic hydroxyl groups excluding tert-OH is 1. The number of nitrogens with zero attached hydrogens (tertiary/aromatic N) is 3. The zero-order valence-electron chi connectivity index (χ0n) is 23.2. The number of carbonyl (C=O) groups excluding carboxylic acids is 1. The highest BCUT2D eigenvalue weighted by Crippen LogP contribution is 2.37. The smallest absolute Gasteiger partial charge is 0.353 e. The van der Waals surface area contributed by atoms with Crippen molar-refractivity contribution in [2.24, 2.45) is 11.8 Å². The first-order valence-electron chi connectivity index (χ1n) is 13.4. The first-order valence-corrected chi connectivity index (χ1v) is 14.2. The molecule has 0 unspecified atom stereocenters. The van der Waals surface area contributed by atoms with Gasteiger partial charge in [0, 0.05) is 19.0 Å². The molecule has 0 aliphatic heterocycles. The molecule has 218 valence electrons. The second kappa shape index (κ2) is 13.1. The van der Waals surface area contributed by atoms with Gasteiger partial charge in [-0.3, -0.25) is 9.36 Å². The van der Waals surface area contributed by atoms with Crippen molar-refractivity contribution >= 4 is 71.1 Å². The molecule has 2 atom stereocenters. The van der Waals surface area contributed by atoms with Crippen LogP contribution in [-0.4, -0.2) is 25.4 Å². The molecule has 3 aromatic heterocycles. The van der Waals surface area contributed by atoms with Crippen LogP contribution in [0.1, 0.15) is 37.7 Å². The minimum atomic E-state index is -0.420. The summed E-state index contributed by atoms with van der Waals surface area (Å²) in [5.74, 6) is 2.32. The summed E-state index contributed by atoms with van der Waals surface area (Å²) < 4.78 is 8.17. The summed E-state index contributed by atoms with van der Waals surface area (Å²) in [6.45, 7) is 5.51. The van der Waals surface area contributed by atoms with Gasteiger partial charge in [-0.05, 0) is 86.1 Å². The van der Waals surface area contributed by atoms with Crippen molar-refractivity contribution in [2.75, 3.05) is 0 Å². The Morgan fingerprint density at radius 3 is 2.55 bits per heavy atom. The van der Waals surface area contributed by atoms with Crippen molar-refractivity contribution in [1.82, 2.24) is 14.5 Å². The van der Waals surface area contributed by atoms with Crippen LogP contribution in [0.3, 0.4) is 0 Å². The molecule has 0 radical (unpaired) electrons. The van der Waals surface area contributed by atoms with Gasteiger partial charge >= 0.3 is 5.69 Å². The van der Waals surface area contributed by atoms with E-state index in [9.17, 15) is 14.7 Å². The van der Waals surface area contributed by atoms with Gasteiger partial charge in [0.05, 0.1) is 21.1 Å². The number of para-hydroxylation sites is 1. The van der Waals surface area contributed by atoms with Crippen molar-refractivity contribution in [3.63, 3.8) is 0 Å². The van der Waals surface area contributed by atoms with Crippen LogP contribution in [0.5, 0.6) is 11.5 Å². The molecule has 0 amide bonds. The summed E-state index contributed by atoms with van der Waals surface area (Å²) >= 11 is 1.36. The zero-order valence-corrected chi connectivity index (χ0v) is 26.0. The van der Waals surface area contributed by atoms with E-state index in [0.29, 0.717) is 45.8 Å². The molecule has 0 bridgehead atoms. The highest BCUT2D eigenvalue weighted by Gasteiger charge is 2.27. The minimum Gasteiger partial charge on any atom is -0.511 e. The number of benzene rings is 2. The van der Waals surface area contributed by atoms with E-state index in [1.54, 1.807) is 10.8 Å². The maximum absolute atomic E-state index is 13.5. The van der Waals surface area contributed by atoms with Crippen LogP contribution >= 0.6 is 38.3 Å². The van der Waals surface area contributed by atoms with Gasteiger partial charge in [0.15, 0.2) is 5.78 Å². The van der Waals surface area contributed by atoms with Crippen LogP contribution < -0.4 is 15.0 Å². The molecule has 1 saturated carbocycles. The van der Waals surface area contributed by atoms with Crippen LogP contribution in [0.2, 0.25) is 0 Å². The lowest BCUT2D eigenvalue weighted by molar-refractivity contribution is -0.115. The van der Waals surface area contributed by atoms with Crippen molar-refractivity contribution in [3.05, 3.63) is 94.0 Å². The third-order valence-electron chi connectivity index (χ3n) is 7.68. The number of aliphatic hydroxyl groups is 1. The Morgan fingerprint density at radius 2 is 1.83 bits per heavy atom. The van der Waals surface area contributed by atoms with Crippen molar-refractivity contribution in [2.45, 2.75) is 39.0 Å². The number of ketones is 1. The van der Waals surface area contributed by atoms with E-state index in [2.05, 4.69) is 16.5 Å². The SMILES string of the molecule is C=CC(=O)C[C@H]1CC[C@H](CC(O)=c2sc3nccc4c3c2nc(=O)n4-c2ccc(Oc3ccccc3)cc2C)C1.S.S. The van der Waals surface area contributed by atoms with Gasteiger partial charge < -0.3 is 9.84 Å². The summed E-state index contributed by atoms with van der Waals surface area (Å²) in [5.41, 5.74) is 2.33. The Bertz CT molecular complexity index is 1870. The number of ether oxygens (including phenoxy) is 1. The molecule has 42 heavy (non-hydrogen) atoms. The first kappa shape index (κ1) is 31.3. The van der Waals surface area contributed by atoms with Gasteiger partial charge in [-0.15, -0.1) is 11.3 Å². The van der Waals surface area contributed by atoms with E-state index in [4.69, 9.17) is 4.74 Å². The average Bonchev–Trinajstić information content (AvgIpc) is 3.55. The van der Waals surface area contributed by atoms with Gasteiger partial charge in [-0.1, -0.05) is 24.8 Å². The third kappa shape index (κ3) is 6.11. The fourth-order valence-corrected chi connectivity index (χ4v) is 6.87. The van der Waals surface area contributed by atoms with Crippen molar-refractivity contribution < 1.29 is 14.6 Å². The monoisotopic (exact) mass is 619 g/mol. The molecule has 6 rings (SSSR count). The number of aromatic nitrogens is 3. The van der Waals surface area contributed by atoms with E-state index in [-0.39, 0.29) is 44.5 Å². The maximum atomic E-state index is 13.5. The molecule has 10 heteroatoms. The summed E-state index contributed by atoms with van der Waals surface area (Å²) in [6.07, 6.45) is 6.89. The topological polar surface area (TPSA) is 94.3 Å². The van der Waals surface area contributed by atoms with Crippen LogP contribution in [0.4, 0.5) is 0 Å². The Balaban J connectivity index is 0.00000202. The Labute approximate surface area is 261 Å². The quantitative estimate of drug-likeness (QED) is 0.195. The summed E-state index contributed by atoms with van der Waals surface area (Å²) in [7, 11) is 0. The molecule has 1 aliphatic rings. The number of hydrogen-bond donors (Lipinski definition) is 1. The molecule has 3 heterocycles. The predicted octanol–water partition coefficient (Wildman–Crippen LogP) is 6.66. The van der Waals surface area contributed by atoms with Crippen LogP contribution in [0.15, 0.2) is 78.2 Å². The fraction of sp³-hybridized carbons (Fsp3) is 0.250. The molecule has 1 N–H and O–H groups in total. The van der Waals surface area contributed by atoms with Gasteiger partial charge in [-0.2, -0.15) is 32.0 Å². The average molecular weight is 620 g/mol. The van der Waals surface area contributed by atoms with E-state index in [0.717, 1.165) is 40.8 Å². The molecular weight excluding hydrogens is 587 g/mol. The van der Waals surface area contributed by atoms with E-state index < -0.39 is 5.69 Å². The Kier molecular flexibility index (Phi) is 9.81. The Morgan fingerprint density at radius 1 is 1.10 bits per heavy atom. The minimum absolute atomic E-state index is 0. The van der Waals surface area contributed by atoms with Crippen molar-refractivity contribution in [1.29, 1.82) is 0 Å². The third-order valence-corrected chi connectivity index (χ3v) is 8.82. The number of hydrogen-bond acceptors (Lipinski definition) is 7. The lowest BCUT2D eigenvalue weighted by atomic mass is 9.97. The number of carbonyl (C=O) groups is 1. The van der Waals surface area contributed by atoms with Gasteiger partial charge in [0.2, 0.25) is 0 Å². The van der Waals surface area contributed by atoms with Crippen LogP contribution in [-0.2, 0) is 4.79 Å². The number of rotatable bonds is 8. The molecule has 1 fully saturated rings. The molecule has 0 spiro atoms. The van der Waals surface area contributed by atoms with Gasteiger partial charge in [0.25, 0.3) is 0 Å². The first-order chi connectivity index (χ1) is 19.4. The van der Waals surface area contributed by atoms with Crippen molar-refractivity contribution in [3.8, 4) is 17.2 Å². The fourth-order valence-electron chi connectivity index (χ4n) is 5.81. The summed E-state index contributed by atoms with van der Waals surface area (Å²) in [4.78, 5) is 35.0. The Hall–Kier alpha value is -3.60. The number of pyridine rings is 1. The predicted molar refractivity (Wildman–Crippen MR) is 179 cm³/mol. The normalized spacial score (nSPS) is 17.0.